The minimum absolute atomic E-state index is 0.809. The van der Waals surface area contributed by atoms with Gasteiger partial charge < -0.3 is 4.43 Å². The van der Waals surface area contributed by atoms with E-state index < -0.39 is 9.04 Å². The summed E-state index contributed by atoms with van der Waals surface area (Å²) in [7, 11) is -0.809. The third kappa shape index (κ3) is 7.76. The third-order valence-electron chi connectivity index (χ3n) is 1.17. The van der Waals surface area contributed by atoms with Crippen LogP contribution in [0.5, 0.6) is 0 Å². The van der Waals surface area contributed by atoms with E-state index in [9.17, 15) is 0 Å². The van der Waals surface area contributed by atoms with Gasteiger partial charge >= 0.3 is 0 Å². The molecule has 60 valence electrons. The highest BCUT2D eigenvalue weighted by Crippen LogP contribution is 1.95. The molecule has 0 aromatic rings. The molecule has 2 heteroatoms. The highest BCUT2D eigenvalue weighted by Gasteiger charge is 1.88. The molecule has 0 aliphatic carbocycles. The topological polar surface area (TPSA) is 9.23 Å². The van der Waals surface area contributed by atoms with Gasteiger partial charge in [-0.15, -0.1) is 0 Å². The highest BCUT2D eigenvalue weighted by atomic mass is 28.3. The Kier molecular flexibility index (Phi) is 6.70. The number of unbranched alkanes of at least 4 members (excludes halogenated alkanes) is 2. The largest absolute Gasteiger partial charge is 0.553 e. The van der Waals surface area contributed by atoms with Crippen molar-refractivity contribution in [2.45, 2.75) is 39.3 Å². The number of hydrogen-bond donors (Lipinski definition) is 0. The molecule has 0 aliphatic heterocycles. The van der Waals surface area contributed by atoms with Crippen molar-refractivity contribution in [3.05, 3.63) is 12.3 Å². The Bertz CT molecular complexity index is 89.3. The van der Waals surface area contributed by atoms with Crippen LogP contribution in [0.3, 0.4) is 0 Å². The molecule has 0 bridgehead atoms. The van der Waals surface area contributed by atoms with E-state index in [4.69, 9.17) is 4.43 Å². The number of allylic oxidation sites excluding steroid dienone is 1. The SMILES string of the molecule is CCCCC=CO[SiH](C)C. The van der Waals surface area contributed by atoms with E-state index in [1.165, 1.54) is 12.8 Å². The molecule has 0 aromatic heterocycles. The lowest BCUT2D eigenvalue weighted by molar-refractivity contribution is 0.497. The van der Waals surface area contributed by atoms with E-state index >= 15 is 0 Å². The standard InChI is InChI=1S/C8H18OSi/c1-4-5-6-7-8-9-10(2)3/h7-8,10H,4-6H2,1-3H3. The van der Waals surface area contributed by atoms with Crippen LogP contribution >= 0.6 is 0 Å². The van der Waals surface area contributed by atoms with Gasteiger partial charge in [-0.3, -0.25) is 0 Å². The molecule has 0 aromatic carbocycles. The van der Waals surface area contributed by atoms with Gasteiger partial charge in [0.2, 0.25) is 9.04 Å². The van der Waals surface area contributed by atoms with E-state index in [1.807, 2.05) is 6.26 Å². The Morgan fingerprint density at radius 3 is 2.60 bits per heavy atom. The molecule has 10 heavy (non-hydrogen) atoms. The average molecular weight is 158 g/mol. The Hall–Kier alpha value is -0.243. The van der Waals surface area contributed by atoms with Gasteiger partial charge in [0, 0.05) is 0 Å². The lowest BCUT2D eigenvalue weighted by atomic mass is 10.2. The Morgan fingerprint density at radius 1 is 1.40 bits per heavy atom. The van der Waals surface area contributed by atoms with Crippen LogP contribution in [0.1, 0.15) is 26.2 Å². The quantitative estimate of drug-likeness (QED) is 0.339. The van der Waals surface area contributed by atoms with Crippen molar-refractivity contribution in [1.82, 2.24) is 0 Å². The normalized spacial score (nSPS) is 11.2. The summed E-state index contributed by atoms with van der Waals surface area (Å²) in [5.41, 5.74) is 0. The van der Waals surface area contributed by atoms with Crippen LogP contribution in [0.15, 0.2) is 12.3 Å². The average Bonchev–Trinajstić information content (AvgIpc) is 1.87. The van der Waals surface area contributed by atoms with Gasteiger partial charge in [0.25, 0.3) is 0 Å². The fourth-order valence-electron chi connectivity index (χ4n) is 0.603. The number of hydrogen-bond acceptors (Lipinski definition) is 1. The summed E-state index contributed by atoms with van der Waals surface area (Å²) in [5.74, 6) is 0. The van der Waals surface area contributed by atoms with E-state index in [0.29, 0.717) is 0 Å². The third-order valence-corrected chi connectivity index (χ3v) is 1.87. The Labute approximate surface area is 65.8 Å². The molecule has 0 heterocycles. The summed E-state index contributed by atoms with van der Waals surface area (Å²) in [6.45, 7) is 6.54. The van der Waals surface area contributed by atoms with Crippen molar-refractivity contribution in [1.29, 1.82) is 0 Å². The van der Waals surface area contributed by atoms with Crippen molar-refractivity contribution in [3.63, 3.8) is 0 Å². The smallest absolute Gasteiger partial charge is 0.228 e. The summed E-state index contributed by atoms with van der Waals surface area (Å²) < 4.78 is 5.35. The van der Waals surface area contributed by atoms with E-state index in [-0.39, 0.29) is 0 Å². The van der Waals surface area contributed by atoms with Crippen LogP contribution in [0, 0.1) is 0 Å². The zero-order valence-corrected chi connectivity index (χ0v) is 8.42. The maximum Gasteiger partial charge on any atom is 0.228 e. The molecule has 0 aliphatic rings. The maximum absolute atomic E-state index is 5.35. The first-order valence-corrected chi connectivity index (χ1v) is 6.86. The van der Waals surface area contributed by atoms with Crippen LogP contribution < -0.4 is 0 Å². The lowest BCUT2D eigenvalue weighted by Gasteiger charge is -2.00. The minimum atomic E-state index is -0.809. The molecule has 0 N–H and O–H groups in total. The maximum atomic E-state index is 5.35. The molecule has 0 saturated heterocycles. The van der Waals surface area contributed by atoms with E-state index in [1.54, 1.807) is 0 Å². The van der Waals surface area contributed by atoms with Crippen molar-refractivity contribution in [3.8, 4) is 0 Å². The van der Waals surface area contributed by atoms with Crippen molar-refractivity contribution >= 4 is 9.04 Å². The first kappa shape index (κ1) is 9.76. The zero-order valence-electron chi connectivity index (χ0n) is 7.26. The molecule has 0 unspecified atom stereocenters. The van der Waals surface area contributed by atoms with Gasteiger partial charge in [-0.25, -0.2) is 0 Å². The Morgan fingerprint density at radius 2 is 2.10 bits per heavy atom. The van der Waals surface area contributed by atoms with E-state index in [0.717, 1.165) is 6.42 Å². The second kappa shape index (κ2) is 6.87. The zero-order chi connectivity index (χ0) is 7.82. The van der Waals surface area contributed by atoms with E-state index in [2.05, 4.69) is 26.1 Å². The van der Waals surface area contributed by atoms with Crippen LogP contribution in [-0.4, -0.2) is 9.04 Å². The molecule has 0 spiro atoms. The van der Waals surface area contributed by atoms with Crippen molar-refractivity contribution in [2.75, 3.05) is 0 Å². The number of rotatable bonds is 5. The summed E-state index contributed by atoms with van der Waals surface area (Å²) in [6.07, 6.45) is 7.70. The second-order valence-electron chi connectivity index (χ2n) is 2.70. The monoisotopic (exact) mass is 158 g/mol. The van der Waals surface area contributed by atoms with Crippen LogP contribution in [-0.2, 0) is 4.43 Å². The highest BCUT2D eigenvalue weighted by molar-refractivity contribution is 6.48. The molecule has 0 atom stereocenters. The van der Waals surface area contributed by atoms with Gasteiger partial charge in [0.15, 0.2) is 0 Å². The fraction of sp³-hybridized carbons (Fsp3) is 0.750. The van der Waals surface area contributed by atoms with Gasteiger partial charge in [-0.1, -0.05) is 19.4 Å². The van der Waals surface area contributed by atoms with Crippen LogP contribution in [0.2, 0.25) is 13.1 Å². The summed E-state index contributed by atoms with van der Waals surface area (Å²) in [5, 5.41) is 0. The molecule has 0 fully saturated rings. The minimum Gasteiger partial charge on any atom is -0.553 e. The fourth-order valence-corrected chi connectivity index (χ4v) is 1.03. The second-order valence-corrected chi connectivity index (χ2v) is 5.07. The van der Waals surface area contributed by atoms with Crippen LogP contribution in [0.4, 0.5) is 0 Å². The Balaban J connectivity index is 3.04. The predicted molar refractivity (Wildman–Crippen MR) is 48.6 cm³/mol. The van der Waals surface area contributed by atoms with Crippen molar-refractivity contribution in [2.24, 2.45) is 0 Å². The summed E-state index contributed by atoms with van der Waals surface area (Å²) in [6, 6.07) is 0. The summed E-state index contributed by atoms with van der Waals surface area (Å²) in [4.78, 5) is 0. The lowest BCUT2D eigenvalue weighted by Crippen LogP contribution is -2.00. The summed E-state index contributed by atoms with van der Waals surface area (Å²) >= 11 is 0. The van der Waals surface area contributed by atoms with Gasteiger partial charge in [-0.2, -0.15) is 0 Å². The molecule has 0 amide bonds. The molecular weight excluding hydrogens is 140 g/mol. The van der Waals surface area contributed by atoms with Gasteiger partial charge in [0.1, 0.15) is 0 Å². The first-order chi connectivity index (χ1) is 4.77. The molecular formula is C8H18OSi. The predicted octanol–water partition coefficient (Wildman–Crippen LogP) is 2.69. The van der Waals surface area contributed by atoms with Crippen LogP contribution in [0.25, 0.3) is 0 Å². The molecule has 0 saturated carbocycles. The molecule has 1 nitrogen and oxygen atoms in total. The first-order valence-electron chi connectivity index (χ1n) is 4.07. The molecule has 0 rings (SSSR count). The van der Waals surface area contributed by atoms with Gasteiger partial charge in [0.05, 0.1) is 6.26 Å². The van der Waals surface area contributed by atoms with Crippen molar-refractivity contribution < 1.29 is 4.43 Å². The molecule has 0 radical (unpaired) electrons. The van der Waals surface area contributed by atoms with Gasteiger partial charge in [-0.05, 0) is 25.9 Å².